The third-order valence-electron chi connectivity index (χ3n) is 2.33. The molecule has 0 bridgehead atoms. The highest BCUT2D eigenvalue weighted by molar-refractivity contribution is 5.84. The number of imidazole rings is 1. The van der Waals surface area contributed by atoms with Crippen molar-refractivity contribution in [3.8, 4) is 11.6 Å². The van der Waals surface area contributed by atoms with Crippen LogP contribution in [-0.4, -0.2) is 25.9 Å². The van der Waals surface area contributed by atoms with Gasteiger partial charge in [-0.1, -0.05) is 25.9 Å². The number of hydrogen-bond acceptors (Lipinski definition) is 5. The maximum absolute atomic E-state index is 11.8. The van der Waals surface area contributed by atoms with Gasteiger partial charge in [-0.05, 0) is 0 Å². The molecule has 90 valence electrons. The van der Waals surface area contributed by atoms with Crippen molar-refractivity contribution in [1.29, 1.82) is 0 Å². The van der Waals surface area contributed by atoms with Crippen LogP contribution in [0.4, 0.5) is 0 Å². The molecule has 0 radical (unpaired) electrons. The largest absolute Gasteiger partial charge is 0.342 e. The molecule has 0 saturated heterocycles. The van der Waals surface area contributed by atoms with Crippen LogP contribution < -0.4 is 0 Å². The number of aromatic amines is 1. The maximum Gasteiger partial charge on any atom is 0.238 e. The van der Waals surface area contributed by atoms with Crippen LogP contribution in [0, 0.1) is 5.41 Å². The standard InChI is InChI=1S/C11H14N4O2/c1-11(2,3)7(16)6-8-14-10(15-17-8)9-12-4-5-13-9/h4-5H,6H2,1-3H3,(H,12,13). The van der Waals surface area contributed by atoms with Gasteiger partial charge in [-0.25, -0.2) is 4.98 Å². The van der Waals surface area contributed by atoms with Gasteiger partial charge in [-0.15, -0.1) is 0 Å². The fraction of sp³-hybridized carbons (Fsp3) is 0.455. The van der Waals surface area contributed by atoms with Crippen LogP contribution in [0.1, 0.15) is 26.7 Å². The summed E-state index contributed by atoms with van der Waals surface area (Å²) in [6, 6.07) is 0. The summed E-state index contributed by atoms with van der Waals surface area (Å²) in [7, 11) is 0. The van der Waals surface area contributed by atoms with E-state index < -0.39 is 5.41 Å². The summed E-state index contributed by atoms with van der Waals surface area (Å²) in [6.45, 7) is 5.58. The molecule has 2 aromatic rings. The number of carbonyl (C=O) groups excluding carboxylic acids is 1. The van der Waals surface area contributed by atoms with Crippen LogP contribution in [-0.2, 0) is 11.2 Å². The second-order valence-electron chi connectivity index (χ2n) is 4.80. The molecule has 1 N–H and O–H groups in total. The summed E-state index contributed by atoms with van der Waals surface area (Å²) in [6.07, 6.45) is 3.43. The molecule has 0 aliphatic carbocycles. The minimum atomic E-state index is -0.403. The van der Waals surface area contributed by atoms with Crippen LogP contribution in [0.2, 0.25) is 0 Å². The second kappa shape index (κ2) is 4.12. The molecule has 2 rings (SSSR count). The van der Waals surface area contributed by atoms with Gasteiger partial charge in [0.1, 0.15) is 5.78 Å². The number of H-pyrrole nitrogens is 1. The van der Waals surface area contributed by atoms with Gasteiger partial charge in [0.25, 0.3) is 0 Å². The predicted octanol–water partition coefficient (Wildman–Crippen LogP) is 1.62. The normalized spacial score (nSPS) is 11.7. The van der Waals surface area contributed by atoms with Crippen molar-refractivity contribution in [1.82, 2.24) is 20.1 Å². The number of aromatic nitrogens is 4. The molecular weight excluding hydrogens is 220 g/mol. The van der Waals surface area contributed by atoms with Gasteiger partial charge in [0.2, 0.25) is 11.7 Å². The number of rotatable bonds is 3. The van der Waals surface area contributed by atoms with Crippen molar-refractivity contribution in [2.24, 2.45) is 5.41 Å². The van der Waals surface area contributed by atoms with Crippen molar-refractivity contribution in [3.63, 3.8) is 0 Å². The lowest BCUT2D eigenvalue weighted by Crippen LogP contribution is -2.22. The van der Waals surface area contributed by atoms with E-state index >= 15 is 0 Å². The van der Waals surface area contributed by atoms with Crippen molar-refractivity contribution >= 4 is 5.78 Å². The Morgan fingerprint density at radius 1 is 1.47 bits per heavy atom. The Hall–Kier alpha value is -1.98. The number of hydrogen-bond donors (Lipinski definition) is 1. The second-order valence-corrected chi connectivity index (χ2v) is 4.80. The SMILES string of the molecule is CC(C)(C)C(=O)Cc1nc(-c2ncc[nH]2)no1. The smallest absolute Gasteiger partial charge is 0.238 e. The third kappa shape index (κ3) is 2.58. The highest BCUT2D eigenvalue weighted by Gasteiger charge is 2.24. The minimum Gasteiger partial charge on any atom is -0.342 e. The molecule has 2 heterocycles. The van der Waals surface area contributed by atoms with Gasteiger partial charge in [0, 0.05) is 17.8 Å². The zero-order valence-corrected chi connectivity index (χ0v) is 10.0. The molecule has 0 saturated carbocycles. The van der Waals surface area contributed by atoms with Crippen LogP contribution in [0.25, 0.3) is 11.6 Å². The predicted molar refractivity (Wildman–Crippen MR) is 60.0 cm³/mol. The van der Waals surface area contributed by atoms with Gasteiger partial charge < -0.3 is 9.51 Å². The van der Waals surface area contributed by atoms with Gasteiger partial charge in [-0.2, -0.15) is 4.98 Å². The van der Waals surface area contributed by atoms with Crippen LogP contribution in [0.3, 0.4) is 0 Å². The first-order valence-electron chi connectivity index (χ1n) is 5.32. The molecule has 6 nitrogen and oxygen atoms in total. The Kier molecular flexibility index (Phi) is 2.79. The minimum absolute atomic E-state index is 0.0622. The first kappa shape index (κ1) is 11.5. The molecule has 2 aromatic heterocycles. The van der Waals surface area contributed by atoms with E-state index in [1.54, 1.807) is 12.4 Å². The van der Waals surface area contributed by atoms with Crippen LogP contribution in [0.15, 0.2) is 16.9 Å². The van der Waals surface area contributed by atoms with E-state index in [1.165, 1.54) is 0 Å². The molecule has 0 spiro atoms. The van der Waals surface area contributed by atoms with Crippen LogP contribution in [0.5, 0.6) is 0 Å². The molecular formula is C11H14N4O2. The summed E-state index contributed by atoms with van der Waals surface area (Å²) in [4.78, 5) is 22.8. The maximum atomic E-state index is 11.8. The van der Waals surface area contributed by atoms with Gasteiger partial charge in [0.15, 0.2) is 5.82 Å². The number of nitrogens with zero attached hydrogens (tertiary/aromatic N) is 3. The summed E-state index contributed by atoms with van der Waals surface area (Å²) < 4.78 is 5.01. The number of ketones is 1. The summed E-state index contributed by atoms with van der Waals surface area (Å²) in [5.41, 5.74) is -0.403. The van der Waals surface area contributed by atoms with Crippen molar-refractivity contribution in [3.05, 3.63) is 18.3 Å². The highest BCUT2D eigenvalue weighted by Crippen LogP contribution is 2.18. The highest BCUT2D eigenvalue weighted by atomic mass is 16.5. The number of nitrogens with one attached hydrogen (secondary N) is 1. The van der Waals surface area contributed by atoms with Crippen molar-refractivity contribution in [2.45, 2.75) is 27.2 Å². The molecule has 17 heavy (non-hydrogen) atoms. The van der Waals surface area contributed by atoms with E-state index in [2.05, 4.69) is 20.1 Å². The first-order chi connectivity index (χ1) is 7.97. The zero-order valence-electron chi connectivity index (χ0n) is 10.0. The van der Waals surface area contributed by atoms with Crippen LogP contribution >= 0.6 is 0 Å². The Morgan fingerprint density at radius 3 is 2.82 bits per heavy atom. The molecule has 0 fully saturated rings. The van der Waals surface area contributed by atoms with E-state index in [9.17, 15) is 4.79 Å². The molecule has 0 unspecified atom stereocenters. The molecule has 0 aromatic carbocycles. The van der Waals surface area contributed by atoms with E-state index in [-0.39, 0.29) is 12.2 Å². The third-order valence-corrected chi connectivity index (χ3v) is 2.33. The Bertz CT molecular complexity index is 508. The first-order valence-corrected chi connectivity index (χ1v) is 5.32. The average molecular weight is 234 g/mol. The Morgan fingerprint density at radius 2 is 2.24 bits per heavy atom. The van der Waals surface area contributed by atoms with Crippen molar-refractivity contribution < 1.29 is 9.32 Å². The monoisotopic (exact) mass is 234 g/mol. The molecule has 0 aliphatic heterocycles. The molecule has 0 amide bonds. The fourth-order valence-corrected chi connectivity index (χ4v) is 1.21. The molecule has 6 heteroatoms. The van der Waals surface area contributed by atoms with Crippen molar-refractivity contribution in [2.75, 3.05) is 0 Å². The quantitative estimate of drug-likeness (QED) is 0.872. The lowest BCUT2D eigenvalue weighted by Gasteiger charge is -2.14. The van der Waals surface area contributed by atoms with Gasteiger partial charge in [0.05, 0.1) is 6.42 Å². The summed E-state index contributed by atoms with van der Waals surface area (Å²) in [5.74, 6) is 1.28. The molecule has 0 atom stereocenters. The summed E-state index contributed by atoms with van der Waals surface area (Å²) >= 11 is 0. The van der Waals surface area contributed by atoms with E-state index in [1.807, 2.05) is 20.8 Å². The van der Waals surface area contributed by atoms with Gasteiger partial charge >= 0.3 is 0 Å². The topological polar surface area (TPSA) is 84.7 Å². The fourth-order valence-electron chi connectivity index (χ4n) is 1.21. The summed E-state index contributed by atoms with van der Waals surface area (Å²) in [5, 5.41) is 3.76. The average Bonchev–Trinajstić information content (AvgIpc) is 2.83. The Labute approximate surface area is 98.5 Å². The number of Topliss-reactive ketones (excluding diaryl/α,β-unsaturated/α-hetero) is 1. The lowest BCUT2D eigenvalue weighted by molar-refractivity contribution is -0.125. The van der Waals surface area contributed by atoms with E-state index in [0.29, 0.717) is 17.5 Å². The molecule has 0 aliphatic rings. The zero-order chi connectivity index (χ0) is 12.5. The Balaban J connectivity index is 2.12. The van der Waals surface area contributed by atoms with E-state index in [4.69, 9.17) is 4.52 Å². The van der Waals surface area contributed by atoms with E-state index in [0.717, 1.165) is 0 Å². The number of carbonyl (C=O) groups is 1. The lowest BCUT2D eigenvalue weighted by atomic mass is 9.89. The van der Waals surface area contributed by atoms with Gasteiger partial charge in [-0.3, -0.25) is 4.79 Å².